The number of hydrogen-bond donors (Lipinski definition) is 4. The molecule has 0 spiro atoms. The molecule has 4 aliphatic heterocycles. The maximum Gasteiger partial charge on any atom is 0.274 e. The SMILES string of the molecule is O=C1CCC(N2C(=O)c3cccc(N4CCC(N5CCN(C(=O)CCCCOc6ccc(CCNC(=O)c7cccc(C(=O)NO)c7)cc6)CC5)CC4)c3C2=O)C(=O)N1. The van der Waals surface area contributed by atoms with Gasteiger partial charge < -0.3 is 19.9 Å². The fourth-order valence-corrected chi connectivity index (χ4v) is 8.34. The third kappa shape index (κ3) is 9.44. The van der Waals surface area contributed by atoms with Gasteiger partial charge >= 0.3 is 0 Å². The zero-order valence-corrected chi connectivity index (χ0v) is 32.8. The summed E-state index contributed by atoms with van der Waals surface area (Å²) in [4.78, 5) is 95.8. The van der Waals surface area contributed by atoms with Crippen LogP contribution in [0.1, 0.15) is 91.9 Å². The van der Waals surface area contributed by atoms with Crippen molar-refractivity contribution >= 4 is 47.0 Å². The maximum atomic E-state index is 13.6. The van der Waals surface area contributed by atoms with E-state index in [1.807, 2.05) is 35.2 Å². The molecule has 3 fully saturated rings. The second-order valence-electron chi connectivity index (χ2n) is 15.3. The molecule has 16 nitrogen and oxygen atoms in total. The zero-order valence-electron chi connectivity index (χ0n) is 32.8. The summed E-state index contributed by atoms with van der Waals surface area (Å²) in [5.41, 5.74) is 4.40. The minimum atomic E-state index is -0.999. The minimum Gasteiger partial charge on any atom is -0.494 e. The van der Waals surface area contributed by atoms with Gasteiger partial charge in [0, 0.05) is 75.8 Å². The Kier molecular flexibility index (Phi) is 13.0. The lowest BCUT2D eigenvalue weighted by molar-refractivity contribution is -0.136. The summed E-state index contributed by atoms with van der Waals surface area (Å²) < 4.78 is 5.90. The van der Waals surface area contributed by atoms with Crippen molar-refractivity contribution in [3.05, 3.63) is 94.5 Å². The molecule has 59 heavy (non-hydrogen) atoms. The molecule has 0 saturated carbocycles. The van der Waals surface area contributed by atoms with Crippen LogP contribution in [0.25, 0.3) is 0 Å². The molecule has 0 radical (unpaired) electrons. The van der Waals surface area contributed by atoms with E-state index >= 15 is 0 Å². The van der Waals surface area contributed by atoms with Gasteiger partial charge in [-0.15, -0.1) is 0 Å². The normalized spacial score (nSPS) is 18.7. The van der Waals surface area contributed by atoms with Crippen LogP contribution in [0.4, 0.5) is 5.69 Å². The van der Waals surface area contributed by atoms with E-state index in [1.54, 1.807) is 29.7 Å². The summed E-state index contributed by atoms with van der Waals surface area (Å²) in [6.07, 6.45) is 4.50. The van der Waals surface area contributed by atoms with Crippen molar-refractivity contribution in [2.75, 3.05) is 57.3 Å². The van der Waals surface area contributed by atoms with Crippen LogP contribution in [-0.2, 0) is 20.8 Å². The third-order valence-corrected chi connectivity index (χ3v) is 11.6. The number of nitrogens with one attached hydrogen (secondary N) is 3. The average Bonchev–Trinajstić information content (AvgIpc) is 3.52. The predicted molar refractivity (Wildman–Crippen MR) is 214 cm³/mol. The highest BCUT2D eigenvalue weighted by atomic mass is 16.5. The van der Waals surface area contributed by atoms with Gasteiger partial charge in [-0.1, -0.05) is 24.3 Å². The molecular weight excluding hydrogens is 759 g/mol. The summed E-state index contributed by atoms with van der Waals surface area (Å²) in [6, 6.07) is 18.4. The standard InChI is InChI=1S/C43H49N7O9/c51-36-15-14-35(41(55)45-36)50-42(56)33-7-4-8-34(38(33)43(50)57)48-20-17-31(18-21-48)47-22-24-49(25-23-47)37(52)9-1-2-26-59-32-12-10-28(11-13-32)16-19-44-39(53)29-5-3-6-30(27-29)40(54)46-58/h3-8,10-13,27,31,35,58H,1-2,9,14-26H2,(H,44,53)(H,46,54)(H,45,51,55). The topological polar surface area (TPSA) is 198 Å². The predicted octanol–water partition coefficient (Wildman–Crippen LogP) is 2.54. The van der Waals surface area contributed by atoms with Gasteiger partial charge in [0.2, 0.25) is 17.7 Å². The van der Waals surface area contributed by atoms with Crippen molar-refractivity contribution in [2.24, 2.45) is 0 Å². The summed E-state index contributed by atoms with van der Waals surface area (Å²) >= 11 is 0. The van der Waals surface area contributed by atoms with E-state index in [2.05, 4.69) is 20.4 Å². The molecule has 1 atom stereocenters. The van der Waals surface area contributed by atoms with Crippen molar-refractivity contribution in [1.29, 1.82) is 0 Å². The summed E-state index contributed by atoms with van der Waals surface area (Å²) in [5, 5.41) is 13.9. The van der Waals surface area contributed by atoms with Crippen molar-refractivity contribution in [3.63, 3.8) is 0 Å². The molecule has 16 heteroatoms. The zero-order chi connectivity index (χ0) is 41.5. The van der Waals surface area contributed by atoms with Gasteiger partial charge in [0.15, 0.2) is 0 Å². The molecular formula is C43H49N7O9. The highest BCUT2D eigenvalue weighted by Crippen LogP contribution is 2.36. The van der Waals surface area contributed by atoms with E-state index in [0.29, 0.717) is 75.0 Å². The number of imide groups is 2. The van der Waals surface area contributed by atoms with Crippen LogP contribution < -0.4 is 25.8 Å². The molecule has 1 unspecified atom stereocenters. The number of unbranched alkanes of at least 4 members (excludes halogenated alkanes) is 1. The Morgan fingerprint density at radius 3 is 2.22 bits per heavy atom. The maximum absolute atomic E-state index is 13.6. The monoisotopic (exact) mass is 807 g/mol. The van der Waals surface area contributed by atoms with Crippen LogP contribution in [0.3, 0.4) is 0 Å². The lowest BCUT2D eigenvalue weighted by atomic mass is 9.99. The molecule has 4 heterocycles. The van der Waals surface area contributed by atoms with Gasteiger partial charge in [-0.25, -0.2) is 5.48 Å². The van der Waals surface area contributed by atoms with Crippen molar-refractivity contribution in [1.82, 2.24) is 30.8 Å². The average molecular weight is 808 g/mol. The number of ether oxygens (including phenoxy) is 1. The third-order valence-electron chi connectivity index (χ3n) is 11.6. The second kappa shape index (κ2) is 18.6. The fourth-order valence-electron chi connectivity index (χ4n) is 8.34. The number of carbonyl (C=O) groups is 7. The molecule has 3 saturated heterocycles. The number of amides is 7. The summed E-state index contributed by atoms with van der Waals surface area (Å²) in [6.45, 7) is 5.28. The molecule has 0 aliphatic carbocycles. The Morgan fingerprint density at radius 2 is 1.51 bits per heavy atom. The first-order chi connectivity index (χ1) is 28.6. The lowest BCUT2D eigenvalue weighted by Crippen LogP contribution is -2.54. The molecule has 3 aromatic rings. The first-order valence-electron chi connectivity index (χ1n) is 20.3. The quantitative estimate of drug-likeness (QED) is 0.0809. The largest absolute Gasteiger partial charge is 0.494 e. The Labute approximate surface area is 341 Å². The molecule has 0 aromatic heterocycles. The number of hydrogen-bond acceptors (Lipinski definition) is 11. The van der Waals surface area contributed by atoms with Gasteiger partial charge in [0.25, 0.3) is 23.6 Å². The number of anilines is 1. The molecule has 4 aliphatic rings. The lowest BCUT2D eigenvalue weighted by Gasteiger charge is -2.43. The fraction of sp³-hybridized carbons (Fsp3) is 0.419. The van der Waals surface area contributed by atoms with E-state index in [1.165, 1.54) is 12.1 Å². The van der Waals surface area contributed by atoms with Crippen molar-refractivity contribution in [3.8, 4) is 5.75 Å². The molecule has 7 rings (SSSR count). The first-order valence-corrected chi connectivity index (χ1v) is 20.3. The van der Waals surface area contributed by atoms with Gasteiger partial charge in [0.05, 0.1) is 23.4 Å². The van der Waals surface area contributed by atoms with E-state index < -0.39 is 35.6 Å². The Bertz CT molecular complexity index is 2090. The summed E-state index contributed by atoms with van der Waals surface area (Å²) in [7, 11) is 0. The van der Waals surface area contributed by atoms with Gasteiger partial charge in [-0.2, -0.15) is 0 Å². The Hall–Kier alpha value is -6.13. The minimum absolute atomic E-state index is 0.0756. The highest BCUT2D eigenvalue weighted by Gasteiger charge is 2.46. The number of rotatable bonds is 14. The number of carbonyl (C=O) groups excluding carboxylic acids is 7. The number of fused-ring (bicyclic) bond motifs is 1. The van der Waals surface area contributed by atoms with E-state index in [-0.39, 0.29) is 35.8 Å². The second-order valence-corrected chi connectivity index (χ2v) is 15.3. The van der Waals surface area contributed by atoms with Gasteiger partial charge in [-0.05, 0) is 86.6 Å². The van der Waals surface area contributed by atoms with Gasteiger partial charge in [-0.3, -0.25) is 53.9 Å². The van der Waals surface area contributed by atoms with E-state index in [0.717, 1.165) is 55.0 Å². The molecule has 3 aromatic carbocycles. The van der Waals surface area contributed by atoms with Gasteiger partial charge in [0.1, 0.15) is 11.8 Å². The molecule has 4 N–H and O–H groups in total. The van der Waals surface area contributed by atoms with E-state index in [4.69, 9.17) is 9.94 Å². The number of nitrogens with zero attached hydrogens (tertiary/aromatic N) is 4. The number of piperidine rings is 2. The first kappa shape index (κ1) is 41.0. The Balaban J connectivity index is 0.775. The van der Waals surface area contributed by atoms with E-state index in [9.17, 15) is 33.6 Å². The van der Waals surface area contributed by atoms with Crippen molar-refractivity contribution in [2.45, 2.75) is 63.5 Å². The van der Waals surface area contributed by atoms with Crippen molar-refractivity contribution < 1.29 is 43.5 Å². The smallest absolute Gasteiger partial charge is 0.274 e. The number of hydroxylamine groups is 1. The van der Waals surface area contributed by atoms with Crippen LogP contribution in [0, 0.1) is 0 Å². The Morgan fingerprint density at radius 1 is 0.797 bits per heavy atom. The molecule has 310 valence electrons. The van der Waals surface area contributed by atoms with Crippen LogP contribution in [0.15, 0.2) is 66.7 Å². The number of piperazine rings is 1. The van der Waals surface area contributed by atoms with Crippen LogP contribution in [0.2, 0.25) is 0 Å². The molecule has 0 bridgehead atoms. The van der Waals surface area contributed by atoms with Crippen LogP contribution >= 0.6 is 0 Å². The molecule has 7 amide bonds. The number of benzene rings is 3. The highest BCUT2D eigenvalue weighted by molar-refractivity contribution is 6.25. The van der Waals surface area contributed by atoms with Crippen LogP contribution in [-0.4, -0.2) is 126 Å². The summed E-state index contributed by atoms with van der Waals surface area (Å²) in [5.74, 6) is -2.13. The van der Waals surface area contributed by atoms with Crippen LogP contribution in [0.5, 0.6) is 5.75 Å².